The Bertz CT molecular complexity index is 487. The molecule has 0 radical (unpaired) electrons. The van der Waals surface area contributed by atoms with Crippen molar-refractivity contribution < 1.29 is 0 Å². The van der Waals surface area contributed by atoms with Crippen molar-refractivity contribution in [2.75, 3.05) is 0 Å². The highest BCUT2D eigenvalue weighted by atomic mass is 14.8. The molecule has 0 aliphatic heterocycles. The minimum atomic E-state index is 0.197. The lowest BCUT2D eigenvalue weighted by molar-refractivity contribution is 0.287. The van der Waals surface area contributed by atoms with Crippen LogP contribution in [0.3, 0.4) is 0 Å². The molecular formula is C17H26N2. The van der Waals surface area contributed by atoms with Crippen molar-refractivity contribution in [2.24, 2.45) is 16.7 Å². The van der Waals surface area contributed by atoms with Gasteiger partial charge in [0.25, 0.3) is 0 Å². The van der Waals surface area contributed by atoms with Gasteiger partial charge in [-0.3, -0.25) is 9.97 Å². The van der Waals surface area contributed by atoms with Crippen LogP contribution < -0.4 is 0 Å². The molecule has 1 unspecified atom stereocenters. The molecule has 104 valence electrons. The Balaban J connectivity index is 2.48. The summed E-state index contributed by atoms with van der Waals surface area (Å²) in [5, 5.41) is 0. The first kappa shape index (κ1) is 14.2. The van der Waals surface area contributed by atoms with E-state index < -0.39 is 0 Å². The van der Waals surface area contributed by atoms with Crippen LogP contribution in [0.2, 0.25) is 0 Å². The quantitative estimate of drug-likeness (QED) is 0.651. The van der Waals surface area contributed by atoms with Gasteiger partial charge < -0.3 is 0 Å². The van der Waals surface area contributed by atoms with Crippen LogP contribution >= 0.6 is 0 Å². The molecular weight excluding hydrogens is 232 g/mol. The van der Waals surface area contributed by atoms with Gasteiger partial charge in [0.05, 0.1) is 11.4 Å². The Kier molecular flexibility index (Phi) is 3.55. The van der Waals surface area contributed by atoms with Gasteiger partial charge in [0, 0.05) is 18.8 Å². The molecule has 0 fully saturated rings. The van der Waals surface area contributed by atoms with Gasteiger partial charge in [-0.15, -0.1) is 0 Å². The molecule has 0 saturated carbocycles. The van der Waals surface area contributed by atoms with E-state index in [0.717, 1.165) is 18.5 Å². The van der Waals surface area contributed by atoms with E-state index >= 15 is 0 Å². The molecule has 19 heavy (non-hydrogen) atoms. The fraction of sp³-hybridized carbons (Fsp3) is 0.647. The van der Waals surface area contributed by atoms with Crippen molar-refractivity contribution in [3.8, 4) is 0 Å². The lowest BCUT2D eigenvalue weighted by atomic mass is 9.75. The lowest BCUT2D eigenvalue weighted by Gasteiger charge is -2.30. The lowest BCUT2D eigenvalue weighted by Crippen LogP contribution is -2.22. The van der Waals surface area contributed by atoms with Crippen LogP contribution in [0.1, 0.15) is 52.9 Å². The molecule has 0 bridgehead atoms. The Morgan fingerprint density at radius 3 is 2.05 bits per heavy atom. The summed E-state index contributed by atoms with van der Waals surface area (Å²) in [5.41, 5.74) is 4.29. The number of nitrogens with zero attached hydrogens (tertiary/aromatic N) is 2. The van der Waals surface area contributed by atoms with E-state index in [4.69, 9.17) is 0 Å². The minimum Gasteiger partial charge on any atom is -0.258 e. The summed E-state index contributed by atoms with van der Waals surface area (Å²) in [7, 11) is 0. The first-order chi connectivity index (χ1) is 8.68. The maximum Gasteiger partial charge on any atom is 0.0659 e. The molecule has 1 aromatic rings. The Labute approximate surface area is 117 Å². The van der Waals surface area contributed by atoms with E-state index in [1.54, 1.807) is 0 Å². The zero-order chi connectivity index (χ0) is 14.3. The highest BCUT2D eigenvalue weighted by molar-refractivity contribution is 5.28. The molecule has 0 saturated heterocycles. The number of hydrogen-bond donors (Lipinski definition) is 0. The first-order valence-corrected chi connectivity index (χ1v) is 7.18. The molecule has 1 aliphatic carbocycles. The Morgan fingerprint density at radius 1 is 0.947 bits per heavy atom. The molecule has 0 spiro atoms. The van der Waals surface area contributed by atoms with E-state index in [-0.39, 0.29) is 10.8 Å². The van der Waals surface area contributed by atoms with Gasteiger partial charge in [-0.25, -0.2) is 0 Å². The van der Waals surface area contributed by atoms with E-state index in [1.807, 2.05) is 12.4 Å². The molecule has 1 atom stereocenters. The van der Waals surface area contributed by atoms with Crippen LogP contribution in [0.4, 0.5) is 0 Å². The van der Waals surface area contributed by atoms with E-state index in [2.05, 4.69) is 57.6 Å². The molecule has 1 aromatic heterocycles. The summed E-state index contributed by atoms with van der Waals surface area (Å²) in [5.74, 6) is 0.527. The number of fused-ring (bicyclic) bond motifs is 1. The molecule has 0 amide bonds. The van der Waals surface area contributed by atoms with Crippen molar-refractivity contribution in [3.05, 3.63) is 35.4 Å². The Morgan fingerprint density at radius 2 is 1.53 bits per heavy atom. The molecule has 2 nitrogen and oxygen atoms in total. The maximum atomic E-state index is 4.56. The maximum absolute atomic E-state index is 4.56. The minimum absolute atomic E-state index is 0.197. The van der Waals surface area contributed by atoms with Gasteiger partial charge in [0.1, 0.15) is 0 Å². The van der Waals surface area contributed by atoms with Gasteiger partial charge in [-0.2, -0.15) is 0 Å². The molecule has 0 aromatic carbocycles. The van der Waals surface area contributed by atoms with E-state index in [1.165, 1.54) is 11.3 Å². The van der Waals surface area contributed by atoms with Gasteiger partial charge in [-0.05, 0) is 23.2 Å². The zero-order valence-corrected chi connectivity index (χ0v) is 13.1. The van der Waals surface area contributed by atoms with Crippen LogP contribution in [-0.4, -0.2) is 9.97 Å². The average molecular weight is 258 g/mol. The second-order valence-corrected chi connectivity index (χ2v) is 7.75. The van der Waals surface area contributed by atoms with E-state index in [0.29, 0.717) is 5.92 Å². The smallest absolute Gasteiger partial charge is 0.0659 e. The van der Waals surface area contributed by atoms with Gasteiger partial charge in [-0.1, -0.05) is 53.2 Å². The standard InChI is InChI=1S/C17H26N2/c1-16(2,3)12-9-13(17(4,5)6)11-15-14(10-12)18-7-8-19-15/h7-9,12H,10-11H2,1-6H3. The zero-order valence-electron chi connectivity index (χ0n) is 13.1. The normalized spacial score (nSPS) is 20.5. The summed E-state index contributed by atoms with van der Waals surface area (Å²) in [4.78, 5) is 9.12. The van der Waals surface area contributed by atoms with Crippen molar-refractivity contribution in [1.29, 1.82) is 0 Å². The molecule has 1 aliphatic rings. The van der Waals surface area contributed by atoms with Gasteiger partial charge >= 0.3 is 0 Å². The Hall–Kier alpha value is -1.18. The largest absolute Gasteiger partial charge is 0.258 e. The summed E-state index contributed by atoms with van der Waals surface area (Å²) in [6, 6.07) is 0. The van der Waals surface area contributed by atoms with Crippen LogP contribution in [0.25, 0.3) is 0 Å². The van der Waals surface area contributed by atoms with Gasteiger partial charge in [0.15, 0.2) is 0 Å². The predicted octanol–water partition coefficient (Wildman–Crippen LogP) is 4.21. The second-order valence-electron chi connectivity index (χ2n) is 7.75. The third kappa shape index (κ3) is 3.23. The number of rotatable bonds is 0. The van der Waals surface area contributed by atoms with Gasteiger partial charge in [0.2, 0.25) is 0 Å². The van der Waals surface area contributed by atoms with Crippen LogP contribution in [0.15, 0.2) is 24.0 Å². The third-order valence-corrected chi connectivity index (χ3v) is 4.11. The summed E-state index contributed by atoms with van der Waals surface area (Å²) in [6.07, 6.45) is 8.08. The first-order valence-electron chi connectivity index (χ1n) is 7.18. The second kappa shape index (κ2) is 4.73. The summed E-state index contributed by atoms with van der Waals surface area (Å²) < 4.78 is 0. The third-order valence-electron chi connectivity index (χ3n) is 4.11. The highest BCUT2D eigenvalue weighted by Crippen LogP contribution is 2.38. The van der Waals surface area contributed by atoms with Crippen molar-refractivity contribution in [3.63, 3.8) is 0 Å². The fourth-order valence-corrected chi connectivity index (χ4v) is 2.53. The molecule has 2 heteroatoms. The average Bonchev–Trinajstić information content (AvgIpc) is 2.46. The fourth-order valence-electron chi connectivity index (χ4n) is 2.53. The van der Waals surface area contributed by atoms with E-state index in [9.17, 15) is 0 Å². The summed E-state index contributed by atoms with van der Waals surface area (Å²) >= 11 is 0. The molecule has 1 heterocycles. The highest BCUT2D eigenvalue weighted by Gasteiger charge is 2.30. The van der Waals surface area contributed by atoms with Crippen molar-refractivity contribution in [1.82, 2.24) is 9.97 Å². The predicted molar refractivity (Wildman–Crippen MR) is 79.9 cm³/mol. The van der Waals surface area contributed by atoms with Crippen LogP contribution in [-0.2, 0) is 12.8 Å². The number of hydrogen-bond acceptors (Lipinski definition) is 2. The van der Waals surface area contributed by atoms with Crippen LogP contribution in [0.5, 0.6) is 0 Å². The molecule has 2 rings (SSSR count). The van der Waals surface area contributed by atoms with Crippen LogP contribution in [0, 0.1) is 16.7 Å². The monoisotopic (exact) mass is 258 g/mol. The number of aromatic nitrogens is 2. The van der Waals surface area contributed by atoms with Crippen molar-refractivity contribution >= 4 is 0 Å². The molecule has 0 N–H and O–H groups in total. The SMILES string of the molecule is CC(C)(C)C1=CC(C(C)(C)C)Cc2nccnc2C1. The summed E-state index contributed by atoms with van der Waals surface area (Å²) in [6.45, 7) is 13.8. The van der Waals surface area contributed by atoms with Crippen molar-refractivity contribution in [2.45, 2.75) is 54.4 Å². The topological polar surface area (TPSA) is 25.8 Å². The number of allylic oxidation sites excluding steroid dienone is 2.